The van der Waals surface area contributed by atoms with Crippen LogP contribution in [0.4, 0.5) is 8.78 Å². The van der Waals surface area contributed by atoms with Crippen molar-refractivity contribution in [2.24, 2.45) is 5.92 Å². The van der Waals surface area contributed by atoms with Gasteiger partial charge in [0.05, 0.1) is 23.7 Å². The molecule has 4 rings (SSSR count). The fourth-order valence-corrected chi connectivity index (χ4v) is 5.58. The number of sulfone groups is 1. The number of hydrogen-bond acceptors (Lipinski definition) is 5. The van der Waals surface area contributed by atoms with Crippen LogP contribution in [0.1, 0.15) is 11.4 Å². The van der Waals surface area contributed by atoms with E-state index >= 15 is 0 Å². The summed E-state index contributed by atoms with van der Waals surface area (Å²) in [6.45, 7) is 1.73. The highest BCUT2D eigenvalue weighted by molar-refractivity contribution is 7.90. The minimum absolute atomic E-state index is 0.0205. The number of hydrogen-bond donors (Lipinski definition) is 0. The Bertz CT molecular complexity index is 1160. The Labute approximate surface area is 184 Å². The summed E-state index contributed by atoms with van der Waals surface area (Å²) in [5, 5.41) is 0.655. The molecule has 0 bridgehead atoms. The molecule has 0 unspecified atom stereocenters. The average Bonchev–Trinajstić information content (AvgIpc) is 2.66. The molecular weight excluding hydrogens is 444 g/mol. The van der Waals surface area contributed by atoms with Gasteiger partial charge in [0, 0.05) is 35.9 Å². The smallest absolute Gasteiger partial charge is 0.154 e. The Morgan fingerprint density at radius 2 is 1.71 bits per heavy atom. The lowest BCUT2D eigenvalue weighted by Crippen LogP contribution is -2.49. The van der Waals surface area contributed by atoms with E-state index in [-0.39, 0.29) is 23.0 Å². The van der Waals surface area contributed by atoms with Gasteiger partial charge in [-0.2, -0.15) is 0 Å². The van der Waals surface area contributed by atoms with Crippen molar-refractivity contribution in [2.45, 2.75) is 12.3 Å². The van der Waals surface area contributed by atoms with Gasteiger partial charge in [-0.3, -0.25) is 4.90 Å². The molecule has 3 aromatic rings. The van der Waals surface area contributed by atoms with Crippen LogP contribution in [-0.4, -0.2) is 42.1 Å². The number of nitrogens with zero attached hydrogens (tertiary/aromatic N) is 3. The molecule has 5 nitrogen and oxygen atoms in total. The third-order valence-electron chi connectivity index (χ3n) is 5.04. The summed E-state index contributed by atoms with van der Waals surface area (Å²) in [4.78, 5) is 11.0. The maximum Gasteiger partial charge on any atom is 0.154 e. The van der Waals surface area contributed by atoms with Crippen molar-refractivity contribution in [1.82, 2.24) is 14.9 Å². The molecule has 1 fully saturated rings. The fourth-order valence-electron chi connectivity index (χ4n) is 3.73. The van der Waals surface area contributed by atoms with Crippen molar-refractivity contribution in [3.05, 3.63) is 82.8 Å². The quantitative estimate of drug-likeness (QED) is 0.527. The van der Waals surface area contributed by atoms with E-state index in [0.29, 0.717) is 30.5 Å². The zero-order chi connectivity index (χ0) is 22.0. The monoisotopic (exact) mass is 463 g/mol. The molecular formula is C22H20ClF2N3O2S. The molecule has 1 aliphatic rings. The fraction of sp³-hybridized carbons (Fsp3) is 0.273. The molecule has 9 heteroatoms. The van der Waals surface area contributed by atoms with Gasteiger partial charge in [-0.15, -0.1) is 0 Å². The van der Waals surface area contributed by atoms with Gasteiger partial charge in [0.15, 0.2) is 9.84 Å². The number of likely N-dealkylation sites (tertiary alicyclic amines) is 1. The van der Waals surface area contributed by atoms with Crippen LogP contribution in [0.3, 0.4) is 0 Å². The van der Waals surface area contributed by atoms with Crippen LogP contribution >= 0.6 is 11.6 Å². The van der Waals surface area contributed by atoms with Crippen LogP contribution in [0.2, 0.25) is 5.02 Å². The van der Waals surface area contributed by atoms with Gasteiger partial charge >= 0.3 is 0 Å². The van der Waals surface area contributed by atoms with Crippen LogP contribution in [0.5, 0.6) is 0 Å². The van der Waals surface area contributed by atoms with Crippen LogP contribution in [0.25, 0.3) is 11.3 Å². The Kier molecular flexibility index (Phi) is 6.31. The van der Waals surface area contributed by atoms with E-state index in [9.17, 15) is 17.2 Å². The average molecular weight is 464 g/mol. The lowest BCUT2D eigenvalue weighted by atomic mass is 10.0. The van der Waals surface area contributed by atoms with Gasteiger partial charge in [0.1, 0.15) is 17.5 Å². The Morgan fingerprint density at radius 3 is 2.39 bits per heavy atom. The first-order valence-corrected chi connectivity index (χ1v) is 11.9. The largest absolute Gasteiger partial charge is 0.295 e. The molecule has 0 aliphatic carbocycles. The predicted molar refractivity (Wildman–Crippen MR) is 115 cm³/mol. The maximum absolute atomic E-state index is 13.3. The Hall–Kier alpha value is -2.42. The minimum Gasteiger partial charge on any atom is -0.295 e. The van der Waals surface area contributed by atoms with Gasteiger partial charge in [0.2, 0.25) is 0 Å². The molecule has 31 heavy (non-hydrogen) atoms. The summed E-state index contributed by atoms with van der Waals surface area (Å²) in [6.07, 6.45) is 1.70. The molecule has 0 spiro atoms. The molecule has 0 atom stereocenters. The van der Waals surface area contributed by atoms with Gasteiger partial charge in [0.25, 0.3) is 0 Å². The van der Waals surface area contributed by atoms with Gasteiger partial charge in [-0.05, 0) is 41.8 Å². The third kappa shape index (κ3) is 5.84. The molecule has 2 aromatic carbocycles. The summed E-state index contributed by atoms with van der Waals surface area (Å²) in [7, 11) is -3.47. The summed E-state index contributed by atoms with van der Waals surface area (Å²) < 4.78 is 51.4. The third-order valence-corrected chi connectivity index (χ3v) is 7.05. The molecule has 0 saturated carbocycles. The van der Waals surface area contributed by atoms with Crippen molar-refractivity contribution in [1.29, 1.82) is 0 Å². The first-order chi connectivity index (χ1) is 14.8. The number of rotatable bonds is 7. The molecule has 2 heterocycles. The molecule has 0 amide bonds. The summed E-state index contributed by atoms with van der Waals surface area (Å²) >= 11 is 5.93. The van der Waals surface area contributed by atoms with E-state index in [2.05, 4.69) is 14.9 Å². The zero-order valence-corrected chi connectivity index (χ0v) is 18.1. The second-order valence-electron chi connectivity index (χ2n) is 7.76. The van der Waals surface area contributed by atoms with Gasteiger partial charge in [-0.25, -0.2) is 27.2 Å². The van der Waals surface area contributed by atoms with Crippen LogP contribution in [-0.2, 0) is 22.1 Å². The first-order valence-electron chi connectivity index (χ1n) is 9.71. The highest BCUT2D eigenvalue weighted by Crippen LogP contribution is 2.23. The van der Waals surface area contributed by atoms with E-state index < -0.39 is 21.5 Å². The highest BCUT2D eigenvalue weighted by Gasteiger charge is 2.31. The van der Waals surface area contributed by atoms with Gasteiger partial charge < -0.3 is 0 Å². The van der Waals surface area contributed by atoms with E-state index in [4.69, 9.17) is 11.6 Å². The Morgan fingerprint density at radius 1 is 1.03 bits per heavy atom. The molecule has 162 valence electrons. The van der Waals surface area contributed by atoms with E-state index in [1.807, 2.05) is 18.2 Å². The zero-order valence-electron chi connectivity index (χ0n) is 16.5. The standard InChI is InChI=1S/C22H20ClF2N3O2S/c23-18-3-1-17(2-4-18)21-5-6-26-22(27-21)12-28-10-16(11-28)14-31(29,30)13-15-7-19(24)9-20(25)8-15/h1-9,16H,10-14H2. The van der Waals surface area contributed by atoms with Crippen molar-refractivity contribution >= 4 is 21.4 Å². The molecule has 1 aromatic heterocycles. The van der Waals surface area contributed by atoms with Crippen molar-refractivity contribution < 1.29 is 17.2 Å². The van der Waals surface area contributed by atoms with Crippen LogP contribution in [0, 0.1) is 17.6 Å². The van der Waals surface area contributed by atoms with E-state index in [1.54, 1.807) is 18.3 Å². The molecule has 1 aliphatic heterocycles. The maximum atomic E-state index is 13.3. The van der Waals surface area contributed by atoms with Gasteiger partial charge in [-0.1, -0.05) is 23.7 Å². The van der Waals surface area contributed by atoms with Crippen molar-refractivity contribution in [3.63, 3.8) is 0 Å². The molecule has 0 N–H and O–H groups in total. The molecule has 1 saturated heterocycles. The van der Waals surface area contributed by atoms with Crippen LogP contribution in [0.15, 0.2) is 54.7 Å². The lowest BCUT2D eigenvalue weighted by molar-refractivity contribution is 0.103. The van der Waals surface area contributed by atoms with E-state index in [0.717, 1.165) is 29.5 Å². The highest BCUT2D eigenvalue weighted by atomic mass is 35.5. The SMILES string of the molecule is O=S(=O)(Cc1cc(F)cc(F)c1)CC1CN(Cc2nccc(-c3ccc(Cl)cc3)n2)C1. The number of aromatic nitrogens is 2. The van der Waals surface area contributed by atoms with Crippen molar-refractivity contribution in [3.8, 4) is 11.3 Å². The first kappa shape index (κ1) is 21.8. The number of benzene rings is 2. The summed E-state index contributed by atoms with van der Waals surface area (Å²) in [5.41, 5.74) is 1.86. The second-order valence-corrected chi connectivity index (χ2v) is 10.3. The normalized spacial score (nSPS) is 15.1. The van der Waals surface area contributed by atoms with Crippen molar-refractivity contribution in [2.75, 3.05) is 18.8 Å². The Balaban J connectivity index is 1.31. The molecule has 0 radical (unpaired) electrons. The predicted octanol–water partition coefficient (Wildman–Crippen LogP) is 4.12. The summed E-state index contributed by atoms with van der Waals surface area (Å²) in [6, 6.07) is 12.1. The van der Waals surface area contributed by atoms with Crippen LogP contribution < -0.4 is 0 Å². The lowest BCUT2D eigenvalue weighted by Gasteiger charge is -2.38. The summed E-state index contributed by atoms with van der Waals surface area (Å²) in [5.74, 6) is -1.31. The number of halogens is 3. The van der Waals surface area contributed by atoms with E-state index in [1.165, 1.54) is 0 Å². The minimum atomic E-state index is -3.47. The second kappa shape index (κ2) is 8.98. The topological polar surface area (TPSA) is 63.2 Å².